The molecule has 2 aromatic rings. The first kappa shape index (κ1) is 17.1. The van der Waals surface area contributed by atoms with E-state index in [0.717, 1.165) is 25.1 Å². The second kappa shape index (κ2) is 7.05. The van der Waals surface area contributed by atoms with E-state index in [4.69, 9.17) is 0 Å². The molecule has 0 bridgehead atoms. The van der Waals surface area contributed by atoms with E-state index in [1.165, 1.54) is 24.5 Å². The van der Waals surface area contributed by atoms with Gasteiger partial charge in [-0.1, -0.05) is 42.5 Å². The molecule has 1 saturated heterocycles. The van der Waals surface area contributed by atoms with E-state index < -0.39 is 10.1 Å². The van der Waals surface area contributed by atoms with E-state index in [1.54, 1.807) is 6.92 Å². The average molecular weight is 345 g/mol. The molecule has 5 heteroatoms. The van der Waals surface area contributed by atoms with Gasteiger partial charge in [-0.3, -0.25) is 9.45 Å². The van der Waals surface area contributed by atoms with Crippen LogP contribution in [0.4, 0.5) is 0 Å². The highest BCUT2D eigenvalue weighted by Gasteiger charge is 2.25. The number of benzene rings is 2. The molecule has 0 aliphatic carbocycles. The van der Waals surface area contributed by atoms with Crippen molar-refractivity contribution in [3.05, 3.63) is 65.2 Å². The zero-order chi connectivity index (χ0) is 17.2. The van der Waals surface area contributed by atoms with Crippen LogP contribution in [0.15, 0.2) is 53.4 Å². The lowest BCUT2D eigenvalue weighted by atomic mass is 9.96. The van der Waals surface area contributed by atoms with Gasteiger partial charge in [-0.05, 0) is 62.0 Å². The van der Waals surface area contributed by atoms with Gasteiger partial charge in [-0.15, -0.1) is 0 Å². The monoisotopic (exact) mass is 345 g/mol. The highest BCUT2D eigenvalue weighted by Crippen LogP contribution is 2.30. The largest absolute Gasteiger partial charge is 0.296 e. The SMILES string of the molecule is Cc1cc(C(Cc2ccccc2)N2CCCC2)ccc1S(=O)(=O)O. The maximum atomic E-state index is 11.4. The average Bonchev–Trinajstić information content (AvgIpc) is 3.06. The highest BCUT2D eigenvalue weighted by molar-refractivity contribution is 7.85. The molecular weight excluding hydrogens is 322 g/mol. The van der Waals surface area contributed by atoms with Gasteiger partial charge in [0.15, 0.2) is 0 Å². The minimum Gasteiger partial charge on any atom is -0.296 e. The number of hydrogen-bond donors (Lipinski definition) is 1. The van der Waals surface area contributed by atoms with Crippen LogP contribution in [0.3, 0.4) is 0 Å². The molecule has 0 aromatic heterocycles. The van der Waals surface area contributed by atoms with Crippen LogP contribution in [-0.4, -0.2) is 31.0 Å². The Morgan fingerprint density at radius 1 is 1.08 bits per heavy atom. The zero-order valence-corrected chi connectivity index (χ0v) is 14.7. The lowest BCUT2D eigenvalue weighted by Crippen LogP contribution is -2.27. The van der Waals surface area contributed by atoms with Crippen LogP contribution in [0.1, 0.15) is 35.6 Å². The summed E-state index contributed by atoms with van der Waals surface area (Å²) in [5.41, 5.74) is 2.96. The molecule has 1 N–H and O–H groups in total. The quantitative estimate of drug-likeness (QED) is 0.841. The molecule has 128 valence electrons. The maximum Gasteiger partial charge on any atom is 0.294 e. The van der Waals surface area contributed by atoms with Crippen molar-refractivity contribution in [2.45, 2.75) is 37.1 Å². The topological polar surface area (TPSA) is 57.6 Å². The normalized spacial score (nSPS) is 17.1. The summed E-state index contributed by atoms with van der Waals surface area (Å²) < 4.78 is 32.2. The Morgan fingerprint density at radius 2 is 1.75 bits per heavy atom. The van der Waals surface area contributed by atoms with Gasteiger partial charge in [0.1, 0.15) is 0 Å². The number of hydrogen-bond acceptors (Lipinski definition) is 3. The lowest BCUT2D eigenvalue weighted by molar-refractivity contribution is 0.244. The van der Waals surface area contributed by atoms with Crippen LogP contribution in [0.25, 0.3) is 0 Å². The predicted octanol–water partition coefficient (Wildman–Crippen LogP) is 3.62. The third-order valence-corrected chi connectivity index (χ3v) is 5.73. The Kier molecular flexibility index (Phi) is 5.04. The Bertz CT molecular complexity index is 797. The molecule has 1 unspecified atom stereocenters. The van der Waals surface area contributed by atoms with Crippen molar-refractivity contribution in [2.24, 2.45) is 0 Å². The van der Waals surface area contributed by atoms with Crippen molar-refractivity contribution in [3.63, 3.8) is 0 Å². The molecule has 0 radical (unpaired) electrons. The van der Waals surface area contributed by atoms with E-state index >= 15 is 0 Å². The Hall–Kier alpha value is -1.69. The number of nitrogens with zero attached hydrogens (tertiary/aromatic N) is 1. The Labute approximate surface area is 143 Å². The van der Waals surface area contributed by atoms with Gasteiger partial charge in [0, 0.05) is 6.04 Å². The van der Waals surface area contributed by atoms with Crippen molar-refractivity contribution in [1.82, 2.24) is 4.90 Å². The van der Waals surface area contributed by atoms with Crippen LogP contribution in [0, 0.1) is 6.92 Å². The van der Waals surface area contributed by atoms with Crippen molar-refractivity contribution in [3.8, 4) is 0 Å². The van der Waals surface area contributed by atoms with Crippen molar-refractivity contribution in [2.75, 3.05) is 13.1 Å². The predicted molar refractivity (Wildman–Crippen MR) is 94.7 cm³/mol. The summed E-state index contributed by atoms with van der Waals surface area (Å²) in [4.78, 5) is 2.46. The zero-order valence-electron chi connectivity index (χ0n) is 13.9. The smallest absolute Gasteiger partial charge is 0.294 e. The van der Waals surface area contributed by atoms with Crippen LogP contribution >= 0.6 is 0 Å². The summed E-state index contributed by atoms with van der Waals surface area (Å²) in [6.07, 6.45) is 3.30. The summed E-state index contributed by atoms with van der Waals surface area (Å²) in [6, 6.07) is 15.8. The van der Waals surface area contributed by atoms with Gasteiger partial charge < -0.3 is 0 Å². The van der Waals surface area contributed by atoms with Gasteiger partial charge in [0.2, 0.25) is 0 Å². The second-order valence-corrected chi connectivity index (χ2v) is 7.84. The molecule has 4 nitrogen and oxygen atoms in total. The molecule has 0 saturated carbocycles. The van der Waals surface area contributed by atoms with E-state index in [2.05, 4.69) is 17.0 Å². The molecule has 1 aliphatic heterocycles. The fourth-order valence-electron chi connectivity index (χ4n) is 3.52. The summed E-state index contributed by atoms with van der Waals surface area (Å²) in [7, 11) is -4.17. The molecule has 2 aromatic carbocycles. The minimum absolute atomic E-state index is 0.00821. The van der Waals surface area contributed by atoms with Gasteiger partial charge in [-0.25, -0.2) is 0 Å². The lowest BCUT2D eigenvalue weighted by Gasteiger charge is -2.28. The minimum atomic E-state index is -4.17. The van der Waals surface area contributed by atoms with Gasteiger partial charge in [0.05, 0.1) is 4.90 Å². The molecule has 1 heterocycles. The highest BCUT2D eigenvalue weighted by atomic mass is 32.2. The molecule has 1 atom stereocenters. The first-order valence-corrected chi connectivity index (χ1v) is 9.75. The van der Waals surface area contributed by atoms with E-state index in [1.807, 2.05) is 30.3 Å². The molecular formula is C19H23NO3S. The van der Waals surface area contributed by atoms with E-state index in [9.17, 15) is 13.0 Å². The van der Waals surface area contributed by atoms with Crippen LogP contribution in [0.2, 0.25) is 0 Å². The molecule has 1 aliphatic rings. The molecule has 0 spiro atoms. The summed E-state index contributed by atoms with van der Waals surface area (Å²) in [5, 5.41) is 0. The summed E-state index contributed by atoms with van der Waals surface area (Å²) >= 11 is 0. The summed E-state index contributed by atoms with van der Waals surface area (Å²) in [6.45, 7) is 3.86. The number of rotatable bonds is 5. The van der Waals surface area contributed by atoms with Gasteiger partial charge in [-0.2, -0.15) is 8.42 Å². The molecule has 1 fully saturated rings. The van der Waals surface area contributed by atoms with Crippen LogP contribution in [-0.2, 0) is 16.5 Å². The molecule has 3 rings (SSSR count). The fourth-order valence-corrected chi connectivity index (χ4v) is 4.22. The van der Waals surface area contributed by atoms with Crippen molar-refractivity contribution >= 4 is 10.1 Å². The Morgan fingerprint density at radius 3 is 2.33 bits per heavy atom. The molecule has 0 amide bonds. The van der Waals surface area contributed by atoms with Crippen molar-refractivity contribution in [1.29, 1.82) is 0 Å². The standard InChI is InChI=1S/C19H23NO3S/c1-15-13-17(9-10-19(15)24(21,22)23)18(20-11-5-6-12-20)14-16-7-3-2-4-8-16/h2-4,7-10,13,18H,5-6,11-12,14H2,1H3,(H,21,22,23). The Balaban J connectivity index is 1.94. The van der Waals surface area contributed by atoms with Gasteiger partial charge >= 0.3 is 0 Å². The third kappa shape index (κ3) is 3.86. The first-order chi connectivity index (χ1) is 11.4. The third-order valence-electron chi connectivity index (χ3n) is 4.71. The number of likely N-dealkylation sites (tertiary alicyclic amines) is 1. The fraction of sp³-hybridized carbons (Fsp3) is 0.368. The second-order valence-electron chi connectivity index (χ2n) is 6.45. The van der Waals surface area contributed by atoms with Gasteiger partial charge in [0.25, 0.3) is 10.1 Å². The van der Waals surface area contributed by atoms with E-state index in [0.29, 0.717) is 5.56 Å². The van der Waals surface area contributed by atoms with Crippen molar-refractivity contribution < 1.29 is 13.0 Å². The summed E-state index contributed by atoms with van der Waals surface area (Å²) in [5.74, 6) is 0. The first-order valence-electron chi connectivity index (χ1n) is 8.31. The van der Waals surface area contributed by atoms with Crippen LogP contribution in [0.5, 0.6) is 0 Å². The number of aryl methyl sites for hydroxylation is 1. The molecule has 24 heavy (non-hydrogen) atoms. The van der Waals surface area contributed by atoms with Crippen LogP contribution < -0.4 is 0 Å². The maximum absolute atomic E-state index is 11.4. The van der Waals surface area contributed by atoms with E-state index in [-0.39, 0.29) is 10.9 Å².